The lowest BCUT2D eigenvalue weighted by Gasteiger charge is -2.04. The molecule has 62 valence electrons. The average Bonchev–Trinajstić information content (AvgIpc) is 2.58. The fourth-order valence-electron chi connectivity index (χ4n) is 0.874. The number of aromatic amines is 1. The average molecular weight is 168 g/mol. The Morgan fingerprint density at radius 2 is 2.25 bits per heavy atom. The molecule has 1 fully saturated rings. The highest BCUT2D eigenvalue weighted by Gasteiger charge is 2.30. The van der Waals surface area contributed by atoms with Gasteiger partial charge >= 0.3 is 6.03 Å². The number of amides is 3. The van der Waals surface area contributed by atoms with E-state index in [0.29, 0.717) is 0 Å². The lowest BCUT2D eigenvalue weighted by molar-refractivity contribution is -0.117. The number of nitrogens with one attached hydrogen (secondary N) is 2. The van der Waals surface area contributed by atoms with Crippen molar-refractivity contribution in [1.29, 1.82) is 0 Å². The van der Waals surface area contributed by atoms with Crippen molar-refractivity contribution in [3.8, 4) is 0 Å². The van der Waals surface area contributed by atoms with Gasteiger partial charge in [-0.05, 0) is 5.21 Å². The van der Waals surface area contributed by atoms with Crippen molar-refractivity contribution in [1.82, 2.24) is 25.9 Å². The van der Waals surface area contributed by atoms with E-state index in [1.54, 1.807) is 0 Å². The molecule has 1 aromatic rings. The maximum absolute atomic E-state index is 11.0. The Labute approximate surface area is 65.9 Å². The molecule has 1 aliphatic heterocycles. The molecule has 1 aromatic heterocycles. The Bertz CT molecular complexity index is 318. The van der Waals surface area contributed by atoms with Crippen LogP contribution in [0.25, 0.3) is 0 Å². The van der Waals surface area contributed by atoms with Crippen LogP contribution in [0.1, 0.15) is 0 Å². The number of nitrogens with zero attached hydrogens (tertiary/aromatic N) is 4. The maximum Gasteiger partial charge on any atom is 0.331 e. The topological polar surface area (TPSA) is 104 Å². The fraction of sp³-hybridized carbons (Fsp3) is 0.250. The van der Waals surface area contributed by atoms with Crippen LogP contribution in [0.5, 0.6) is 0 Å². The second-order valence-corrected chi connectivity index (χ2v) is 2.15. The number of carbonyl (C=O) groups is 2. The van der Waals surface area contributed by atoms with Gasteiger partial charge in [-0.3, -0.25) is 10.1 Å². The maximum atomic E-state index is 11.0. The minimum atomic E-state index is -0.526. The van der Waals surface area contributed by atoms with E-state index in [-0.39, 0.29) is 18.4 Å². The quantitative estimate of drug-likeness (QED) is 0.484. The largest absolute Gasteiger partial charge is 0.331 e. The van der Waals surface area contributed by atoms with E-state index >= 15 is 0 Å². The summed E-state index contributed by atoms with van der Waals surface area (Å²) >= 11 is 0. The molecule has 0 atom stereocenters. The van der Waals surface area contributed by atoms with E-state index in [1.165, 1.54) is 0 Å². The first-order chi connectivity index (χ1) is 5.77. The molecule has 0 aliphatic carbocycles. The van der Waals surface area contributed by atoms with Crippen LogP contribution in [-0.4, -0.2) is 39.1 Å². The normalized spacial score (nSPS) is 16.8. The van der Waals surface area contributed by atoms with Crippen LogP contribution >= 0.6 is 0 Å². The highest BCUT2D eigenvalue weighted by Crippen LogP contribution is 2.06. The number of urea groups is 1. The second-order valence-electron chi connectivity index (χ2n) is 2.15. The van der Waals surface area contributed by atoms with Gasteiger partial charge in [0.1, 0.15) is 6.54 Å². The lowest BCUT2D eigenvalue weighted by atomic mass is 10.6. The standard InChI is InChI=1S/C4H4N6O2/c11-2-1-10(4(12)5-2)3-6-8-9-7-3/h1H2,(H,5,11,12)(H,6,7,8,9). The highest BCUT2D eigenvalue weighted by atomic mass is 16.2. The Kier molecular flexibility index (Phi) is 1.26. The zero-order valence-corrected chi connectivity index (χ0v) is 5.81. The molecule has 0 unspecified atom stereocenters. The molecule has 8 nitrogen and oxygen atoms in total. The molecule has 0 spiro atoms. The summed E-state index contributed by atoms with van der Waals surface area (Å²) in [5, 5.41) is 14.6. The number of hydrogen-bond donors (Lipinski definition) is 2. The summed E-state index contributed by atoms with van der Waals surface area (Å²) in [6, 6.07) is -0.526. The molecule has 0 saturated carbocycles. The number of H-pyrrole nitrogens is 1. The van der Waals surface area contributed by atoms with Crippen LogP contribution in [0.15, 0.2) is 0 Å². The van der Waals surface area contributed by atoms with Crippen LogP contribution in [-0.2, 0) is 4.79 Å². The van der Waals surface area contributed by atoms with Crippen LogP contribution in [0, 0.1) is 0 Å². The summed E-state index contributed by atoms with van der Waals surface area (Å²) in [5.41, 5.74) is 0. The van der Waals surface area contributed by atoms with Crippen molar-refractivity contribution in [2.75, 3.05) is 11.4 Å². The molecule has 0 aromatic carbocycles. The Morgan fingerprint density at radius 3 is 2.75 bits per heavy atom. The second kappa shape index (κ2) is 2.26. The third-order valence-corrected chi connectivity index (χ3v) is 1.37. The van der Waals surface area contributed by atoms with Gasteiger partial charge in [-0.15, -0.1) is 5.10 Å². The van der Waals surface area contributed by atoms with Crippen LogP contribution in [0.4, 0.5) is 10.7 Å². The summed E-state index contributed by atoms with van der Waals surface area (Å²) in [7, 11) is 0. The van der Waals surface area contributed by atoms with E-state index < -0.39 is 6.03 Å². The monoisotopic (exact) mass is 168 g/mol. The van der Waals surface area contributed by atoms with E-state index in [1.807, 2.05) is 0 Å². The minimum Gasteiger partial charge on any atom is -0.276 e. The van der Waals surface area contributed by atoms with E-state index in [9.17, 15) is 9.59 Å². The zero-order chi connectivity index (χ0) is 8.55. The molecule has 2 N–H and O–H groups in total. The van der Waals surface area contributed by atoms with Gasteiger partial charge in [0.2, 0.25) is 5.91 Å². The van der Waals surface area contributed by atoms with Gasteiger partial charge in [0.15, 0.2) is 0 Å². The van der Waals surface area contributed by atoms with Crippen molar-refractivity contribution in [3.63, 3.8) is 0 Å². The Balaban J connectivity index is 2.26. The number of anilines is 1. The molecule has 2 rings (SSSR count). The Morgan fingerprint density at radius 1 is 1.42 bits per heavy atom. The minimum absolute atomic E-state index is 0.0572. The van der Waals surface area contributed by atoms with Crippen molar-refractivity contribution in [2.24, 2.45) is 0 Å². The van der Waals surface area contributed by atoms with Crippen LogP contribution in [0.3, 0.4) is 0 Å². The van der Waals surface area contributed by atoms with Crippen molar-refractivity contribution in [2.45, 2.75) is 0 Å². The highest BCUT2D eigenvalue weighted by molar-refractivity contribution is 6.11. The van der Waals surface area contributed by atoms with E-state index in [2.05, 4.69) is 25.9 Å². The van der Waals surface area contributed by atoms with Crippen molar-refractivity contribution >= 4 is 17.9 Å². The fourth-order valence-corrected chi connectivity index (χ4v) is 0.874. The van der Waals surface area contributed by atoms with Gasteiger partial charge < -0.3 is 0 Å². The number of hydrogen-bond acceptors (Lipinski definition) is 5. The predicted octanol–water partition coefficient (Wildman–Crippen LogP) is -1.74. The van der Waals surface area contributed by atoms with Gasteiger partial charge in [0.05, 0.1) is 0 Å². The predicted molar refractivity (Wildman–Crippen MR) is 35.1 cm³/mol. The number of imide groups is 1. The number of rotatable bonds is 1. The van der Waals surface area contributed by atoms with Gasteiger partial charge in [-0.25, -0.2) is 9.69 Å². The number of aromatic nitrogens is 4. The molecule has 3 amide bonds. The third-order valence-electron chi connectivity index (χ3n) is 1.37. The first kappa shape index (κ1) is 6.70. The molecule has 0 radical (unpaired) electrons. The first-order valence-corrected chi connectivity index (χ1v) is 3.12. The van der Waals surface area contributed by atoms with Gasteiger partial charge in [0.25, 0.3) is 5.95 Å². The summed E-state index contributed by atoms with van der Waals surface area (Å²) in [5.74, 6) is -0.275. The van der Waals surface area contributed by atoms with E-state index in [0.717, 1.165) is 4.90 Å². The molecule has 0 bridgehead atoms. The van der Waals surface area contributed by atoms with Crippen molar-refractivity contribution < 1.29 is 9.59 Å². The molecule has 12 heavy (non-hydrogen) atoms. The molecular formula is C4H4N6O2. The summed E-state index contributed by atoms with van der Waals surface area (Å²) in [6.07, 6.45) is 0. The van der Waals surface area contributed by atoms with E-state index in [4.69, 9.17) is 0 Å². The SMILES string of the molecule is O=C1CN(c2nn[nH]n2)C(=O)N1. The molecule has 1 saturated heterocycles. The number of tetrazole rings is 1. The number of carbonyl (C=O) groups excluding carboxylic acids is 2. The van der Waals surface area contributed by atoms with Gasteiger partial charge in [-0.1, -0.05) is 5.10 Å². The molecule has 8 heteroatoms. The van der Waals surface area contributed by atoms with Crippen molar-refractivity contribution in [3.05, 3.63) is 0 Å². The Hall–Kier alpha value is -1.99. The van der Waals surface area contributed by atoms with Gasteiger partial charge in [0, 0.05) is 0 Å². The van der Waals surface area contributed by atoms with Gasteiger partial charge in [-0.2, -0.15) is 5.21 Å². The lowest BCUT2D eigenvalue weighted by Crippen LogP contribution is -2.28. The summed E-state index contributed by atoms with van der Waals surface area (Å²) in [6.45, 7) is -0.0572. The van der Waals surface area contributed by atoms with Crippen LogP contribution in [0.2, 0.25) is 0 Å². The smallest absolute Gasteiger partial charge is 0.276 e. The summed E-state index contributed by atoms with van der Waals surface area (Å²) in [4.78, 5) is 22.7. The van der Waals surface area contributed by atoms with Crippen LogP contribution < -0.4 is 10.2 Å². The molecular weight excluding hydrogens is 164 g/mol. The zero-order valence-electron chi connectivity index (χ0n) is 5.81. The molecule has 2 heterocycles. The first-order valence-electron chi connectivity index (χ1n) is 3.12. The molecule has 1 aliphatic rings. The third kappa shape index (κ3) is 0.892. The summed E-state index contributed by atoms with van der Waals surface area (Å²) < 4.78 is 0.